The van der Waals surface area contributed by atoms with Crippen LogP contribution in [0, 0.1) is 0 Å². The standard InChI is InChI=1S/C24H24F3N3O5S2.CH2O3/c25-24(26,27)21-14-19(28-35-21)20-6-8-23(36-20)37(32,33)29-18-13-17(18)16-4-1-15(2-5-16)3-7-22(31)30-9-11-34-12-10-30;2-1(3)4/h1-2,4-6,8,14,17-18,29H,3,7,9-13H2;(H2,2,3,4)/t17-,18+;/m1./s1. The third kappa shape index (κ3) is 8.28. The number of aryl methyl sites for hydroxylation is 1. The molecule has 0 unspecified atom stereocenters. The van der Waals surface area contributed by atoms with Gasteiger partial charge in [0.1, 0.15) is 9.90 Å². The van der Waals surface area contributed by atoms with Crippen LogP contribution in [0.2, 0.25) is 0 Å². The maximum atomic E-state index is 12.8. The van der Waals surface area contributed by atoms with E-state index in [0.29, 0.717) is 45.6 Å². The summed E-state index contributed by atoms with van der Waals surface area (Å²) in [5.74, 6) is -1.10. The number of carboxylic acid groups (broad SMARTS) is 2. The molecule has 1 aromatic carbocycles. The Labute approximate surface area is 236 Å². The van der Waals surface area contributed by atoms with Crippen molar-refractivity contribution in [3.05, 3.63) is 59.4 Å². The first kappa shape index (κ1) is 30.5. The van der Waals surface area contributed by atoms with E-state index in [2.05, 4.69) is 14.4 Å². The van der Waals surface area contributed by atoms with Crippen LogP contribution in [0.25, 0.3) is 10.6 Å². The zero-order chi connectivity index (χ0) is 29.8. The molecule has 3 heterocycles. The molecule has 16 heteroatoms. The minimum absolute atomic E-state index is 0.00927. The number of ether oxygens (including phenoxy) is 1. The van der Waals surface area contributed by atoms with Crippen LogP contribution in [0.15, 0.2) is 51.2 Å². The van der Waals surface area contributed by atoms with Crippen molar-refractivity contribution < 1.29 is 50.7 Å². The maximum Gasteiger partial charge on any atom is 0.503 e. The number of carbonyl (C=O) groups excluding carboxylic acids is 1. The molecule has 0 radical (unpaired) electrons. The molecule has 3 N–H and O–H groups in total. The SMILES string of the molecule is O=C(CCc1ccc([C@H]2C[C@@H]2NS(=O)(=O)c2ccc(-c3cc(C(F)(F)F)on3)s2)cc1)N1CCOCC1.O=C(O)O. The lowest BCUT2D eigenvalue weighted by Gasteiger charge is -2.26. The fourth-order valence-electron chi connectivity index (χ4n) is 4.23. The molecule has 0 bridgehead atoms. The van der Waals surface area contributed by atoms with Crippen molar-refractivity contribution in [2.24, 2.45) is 0 Å². The molecule has 1 aliphatic heterocycles. The second-order valence-electron chi connectivity index (χ2n) is 9.28. The number of hydrogen-bond acceptors (Lipinski definition) is 8. The van der Waals surface area contributed by atoms with Crippen molar-refractivity contribution in [2.45, 2.75) is 41.6 Å². The number of nitrogens with zero attached hydrogens (tertiary/aromatic N) is 2. The van der Waals surface area contributed by atoms with Crippen LogP contribution in [0.4, 0.5) is 18.0 Å². The van der Waals surface area contributed by atoms with E-state index in [1.54, 1.807) is 0 Å². The largest absolute Gasteiger partial charge is 0.503 e. The molecule has 2 aliphatic rings. The smallest absolute Gasteiger partial charge is 0.450 e. The lowest BCUT2D eigenvalue weighted by molar-refractivity contribution is -0.155. The summed E-state index contributed by atoms with van der Waals surface area (Å²) in [5, 5.41) is 17.3. The second-order valence-corrected chi connectivity index (χ2v) is 12.3. The van der Waals surface area contributed by atoms with Crippen molar-refractivity contribution in [3.8, 4) is 10.6 Å². The van der Waals surface area contributed by atoms with Crippen LogP contribution < -0.4 is 4.72 Å². The van der Waals surface area contributed by atoms with Gasteiger partial charge in [0.15, 0.2) is 0 Å². The number of sulfonamides is 1. The van der Waals surface area contributed by atoms with Gasteiger partial charge in [0.2, 0.25) is 21.7 Å². The average molecular weight is 618 g/mol. The molecule has 2 atom stereocenters. The van der Waals surface area contributed by atoms with Gasteiger partial charge in [0, 0.05) is 37.5 Å². The third-order valence-corrected chi connectivity index (χ3v) is 9.47. The van der Waals surface area contributed by atoms with Gasteiger partial charge in [-0.15, -0.1) is 11.3 Å². The number of rotatable bonds is 8. The molecule has 1 aliphatic carbocycles. The Morgan fingerprint density at radius 1 is 1.10 bits per heavy atom. The van der Waals surface area contributed by atoms with Gasteiger partial charge in [-0.1, -0.05) is 29.4 Å². The van der Waals surface area contributed by atoms with E-state index in [4.69, 9.17) is 19.7 Å². The number of aromatic nitrogens is 1. The van der Waals surface area contributed by atoms with E-state index in [9.17, 15) is 26.4 Å². The molecule has 1 saturated carbocycles. The highest BCUT2D eigenvalue weighted by Gasteiger charge is 2.42. The van der Waals surface area contributed by atoms with Crippen LogP contribution in [0.1, 0.15) is 35.6 Å². The molecular formula is C25H26F3N3O8S2. The molecule has 2 fully saturated rings. The van der Waals surface area contributed by atoms with E-state index < -0.39 is 28.1 Å². The topological polar surface area (TPSA) is 159 Å². The predicted molar refractivity (Wildman–Crippen MR) is 139 cm³/mol. The van der Waals surface area contributed by atoms with Gasteiger partial charge in [-0.3, -0.25) is 4.79 Å². The zero-order valence-electron chi connectivity index (χ0n) is 21.3. The van der Waals surface area contributed by atoms with Gasteiger partial charge in [-0.25, -0.2) is 17.9 Å². The Hall–Kier alpha value is -3.47. The van der Waals surface area contributed by atoms with E-state index in [0.717, 1.165) is 28.5 Å². The highest BCUT2D eigenvalue weighted by molar-refractivity contribution is 7.91. The Bertz CT molecular complexity index is 1460. The number of nitrogens with one attached hydrogen (secondary N) is 1. The second kappa shape index (κ2) is 12.6. The molecule has 1 saturated heterocycles. The molecule has 41 heavy (non-hydrogen) atoms. The number of benzene rings is 1. The molecule has 2 aromatic heterocycles. The van der Waals surface area contributed by atoms with Gasteiger partial charge >= 0.3 is 12.3 Å². The summed E-state index contributed by atoms with van der Waals surface area (Å²) in [4.78, 5) is 23.0. The molecular weight excluding hydrogens is 591 g/mol. The van der Waals surface area contributed by atoms with Crippen molar-refractivity contribution in [3.63, 3.8) is 0 Å². The molecule has 11 nitrogen and oxygen atoms in total. The summed E-state index contributed by atoms with van der Waals surface area (Å²) in [7, 11) is -3.85. The monoisotopic (exact) mass is 617 g/mol. The number of morpholine rings is 1. The van der Waals surface area contributed by atoms with Gasteiger partial charge in [0.05, 0.1) is 18.1 Å². The predicted octanol–water partition coefficient (Wildman–Crippen LogP) is 4.27. The highest BCUT2D eigenvalue weighted by Crippen LogP contribution is 2.42. The molecule has 3 aromatic rings. The fourth-order valence-corrected chi connectivity index (χ4v) is 6.80. The summed E-state index contributed by atoms with van der Waals surface area (Å²) in [6.45, 7) is 2.40. The Morgan fingerprint density at radius 2 is 1.76 bits per heavy atom. The molecule has 5 rings (SSSR count). The van der Waals surface area contributed by atoms with E-state index in [-0.39, 0.29) is 32.6 Å². The Kier molecular flexibility index (Phi) is 9.36. The van der Waals surface area contributed by atoms with Gasteiger partial charge < -0.3 is 24.4 Å². The van der Waals surface area contributed by atoms with Gasteiger partial charge in [-0.05, 0) is 36.1 Å². The lowest BCUT2D eigenvalue weighted by Crippen LogP contribution is -2.40. The first-order chi connectivity index (χ1) is 19.3. The van der Waals surface area contributed by atoms with E-state index in [1.165, 1.54) is 12.1 Å². The number of alkyl halides is 3. The Morgan fingerprint density at radius 3 is 2.37 bits per heavy atom. The number of thiophene rings is 1. The summed E-state index contributed by atoms with van der Waals surface area (Å²) in [5.41, 5.74) is 1.97. The maximum absolute atomic E-state index is 12.8. The average Bonchev–Trinajstić information content (AvgIpc) is 3.30. The van der Waals surface area contributed by atoms with Crippen molar-refractivity contribution in [1.82, 2.24) is 14.8 Å². The van der Waals surface area contributed by atoms with Crippen molar-refractivity contribution in [1.29, 1.82) is 0 Å². The van der Waals surface area contributed by atoms with Crippen LogP contribution in [-0.4, -0.2) is 73.1 Å². The summed E-state index contributed by atoms with van der Waals surface area (Å²) >= 11 is 0.825. The number of carbonyl (C=O) groups is 2. The van der Waals surface area contributed by atoms with Crippen LogP contribution >= 0.6 is 11.3 Å². The zero-order valence-corrected chi connectivity index (χ0v) is 23.0. The van der Waals surface area contributed by atoms with Gasteiger partial charge in [-0.2, -0.15) is 13.2 Å². The quantitative estimate of drug-likeness (QED) is 0.336. The lowest BCUT2D eigenvalue weighted by atomic mass is 10.0. The van der Waals surface area contributed by atoms with Gasteiger partial charge in [0.25, 0.3) is 0 Å². The number of amides is 1. The first-order valence-electron chi connectivity index (χ1n) is 12.4. The minimum atomic E-state index is -4.67. The summed E-state index contributed by atoms with van der Waals surface area (Å²) in [6, 6.07) is 11.1. The molecule has 0 spiro atoms. The Balaban J connectivity index is 0.000000909. The highest BCUT2D eigenvalue weighted by atomic mass is 32.2. The van der Waals surface area contributed by atoms with Crippen LogP contribution in [-0.2, 0) is 32.2 Å². The third-order valence-electron chi connectivity index (χ3n) is 6.38. The summed E-state index contributed by atoms with van der Waals surface area (Å²) in [6.07, 6.45) is -4.79. The fraction of sp³-hybridized carbons (Fsp3) is 0.400. The summed E-state index contributed by atoms with van der Waals surface area (Å²) < 4.78 is 76.2. The molecule has 222 valence electrons. The van der Waals surface area contributed by atoms with Crippen molar-refractivity contribution >= 4 is 33.4 Å². The first-order valence-corrected chi connectivity index (χ1v) is 14.7. The minimum Gasteiger partial charge on any atom is -0.450 e. The van der Waals surface area contributed by atoms with Crippen LogP contribution in [0.5, 0.6) is 0 Å². The normalized spacial score (nSPS) is 18.9. The number of halogens is 3. The van der Waals surface area contributed by atoms with Crippen LogP contribution in [0.3, 0.4) is 0 Å². The number of hydrogen-bond donors (Lipinski definition) is 3. The van der Waals surface area contributed by atoms with Crippen molar-refractivity contribution in [2.75, 3.05) is 26.3 Å². The molecule has 1 amide bonds. The van der Waals surface area contributed by atoms with E-state index in [1.807, 2.05) is 29.2 Å². The van der Waals surface area contributed by atoms with E-state index >= 15 is 0 Å².